The van der Waals surface area contributed by atoms with Crippen molar-refractivity contribution in [2.24, 2.45) is 5.92 Å². The van der Waals surface area contributed by atoms with Gasteiger partial charge >= 0.3 is 0 Å². The fourth-order valence-electron chi connectivity index (χ4n) is 3.03. The van der Waals surface area contributed by atoms with Gasteiger partial charge in [0.15, 0.2) is 0 Å². The van der Waals surface area contributed by atoms with Crippen LogP contribution in [0, 0.1) is 11.7 Å². The molecule has 22 heavy (non-hydrogen) atoms. The van der Waals surface area contributed by atoms with Crippen molar-refractivity contribution in [2.45, 2.75) is 19.4 Å². The van der Waals surface area contributed by atoms with Gasteiger partial charge in [0.1, 0.15) is 11.6 Å². The maximum atomic E-state index is 12.9. The molecule has 2 aromatic rings. The lowest BCUT2D eigenvalue weighted by Crippen LogP contribution is -2.41. The molecule has 0 bridgehead atoms. The molecule has 114 valence electrons. The van der Waals surface area contributed by atoms with Crippen LogP contribution >= 0.6 is 0 Å². The SMILES string of the molecule is O=C1CN(Cc2ccccc2)CCC1Cc1ccc(F)cc1. The predicted octanol–water partition coefficient (Wildman–Crippen LogP) is 3.46. The number of ketones is 1. The predicted molar refractivity (Wildman–Crippen MR) is 84.9 cm³/mol. The zero-order valence-electron chi connectivity index (χ0n) is 12.5. The molecule has 3 heteroatoms. The molecule has 0 N–H and O–H groups in total. The van der Waals surface area contributed by atoms with Crippen molar-refractivity contribution in [3.63, 3.8) is 0 Å². The lowest BCUT2D eigenvalue weighted by molar-refractivity contribution is -0.126. The third-order valence-electron chi connectivity index (χ3n) is 4.27. The van der Waals surface area contributed by atoms with E-state index < -0.39 is 0 Å². The highest BCUT2D eigenvalue weighted by atomic mass is 19.1. The van der Waals surface area contributed by atoms with Crippen LogP contribution in [0.4, 0.5) is 4.39 Å². The quantitative estimate of drug-likeness (QED) is 0.861. The van der Waals surface area contributed by atoms with E-state index in [4.69, 9.17) is 0 Å². The van der Waals surface area contributed by atoms with Gasteiger partial charge in [0.25, 0.3) is 0 Å². The number of halogens is 1. The third-order valence-corrected chi connectivity index (χ3v) is 4.27. The number of carbonyl (C=O) groups excluding carboxylic acids is 1. The van der Waals surface area contributed by atoms with E-state index in [1.165, 1.54) is 17.7 Å². The molecule has 0 radical (unpaired) electrons. The second-order valence-electron chi connectivity index (χ2n) is 5.98. The second kappa shape index (κ2) is 6.84. The van der Waals surface area contributed by atoms with Crippen molar-refractivity contribution < 1.29 is 9.18 Å². The Bertz CT molecular complexity index is 624. The number of likely N-dealkylation sites (tertiary alicyclic amines) is 1. The molecule has 1 unspecified atom stereocenters. The van der Waals surface area contributed by atoms with E-state index in [1.807, 2.05) is 18.2 Å². The number of benzene rings is 2. The molecule has 0 amide bonds. The van der Waals surface area contributed by atoms with Gasteiger partial charge in [-0.25, -0.2) is 4.39 Å². The van der Waals surface area contributed by atoms with Crippen molar-refractivity contribution in [3.05, 3.63) is 71.5 Å². The van der Waals surface area contributed by atoms with Crippen molar-refractivity contribution in [1.29, 1.82) is 0 Å². The monoisotopic (exact) mass is 297 g/mol. The van der Waals surface area contributed by atoms with E-state index in [2.05, 4.69) is 17.0 Å². The molecule has 0 spiro atoms. The molecular weight excluding hydrogens is 277 g/mol. The second-order valence-corrected chi connectivity index (χ2v) is 5.98. The Balaban J connectivity index is 1.56. The summed E-state index contributed by atoms with van der Waals surface area (Å²) in [7, 11) is 0. The first kappa shape index (κ1) is 14.9. The summed E-state index contributed by atoms with van der Waals surface area (Å²) in [6.45, 7) is 2.28. The average Bonchev–Trinajstić information content (AvgIpc) is 2.53. The fourth-order valence-corrected chi connectivity index (χ4v) is 3.03. The Labute approximate surface area is 130 Å². The van der Waals surface area contributed by atoms with Gasteiger partial charge in [0, 0.05) is 12.5 Å². The largest absolute Gasteiger partial charge is 0.298 e. The summed E-state index contributed by atoms with van der Waals surface area (Å²) in [6.07, 6.45) is 1.60. The molecule has 3 rings (SSSR count). The number of Topliss-reactive ketones (excluding diaryl/α,β-unsaturated/α-hetero) is 1. The summed E-state index contributed by atoms with van der Waals surface area (Å²) < 4.78 is 12.9. The van der Waals surface area contributed by atoms with E-state index >= 15 is 0 Å². The van der Waals surface area contributed by atoms with Gasteiger partial charge in [-0.05, 0) is 42.6 Å². The molecular formula is C19H20FNO. The number of hydrogen-bond donors (Lipinski definition) is 0. The summed E-state index contributed by atoms with van der Waals surface area (Å²) in [5, 5.41) is 0. The van der Waals surface area contributed by atoms with E-state index in [1.54, 1.807) is 12.1 Å². The van der Waals surface area contributed by atoms with Gasteiger partial charge in [0.05, 0.1) is 6.54 Å². The topological polar surface area (TPSA) is 20.3 Å². The number of hydrogen-bond acceptors (Lipinski definition) is 2. The van der Waals surface area contributed by atoms with Crippen LogP contribution in [0.5, 0.6) is 0 Å². The smallest absolute Gasteiger partial charge is 0.150 e. The minimum Gasteiger partial charge on any atom is -0.298 e. The molecule has 2 nitrogen and oxygen atoms in total. The molecule has 1 fully saturated rings. The van der Waals surface area contributed by atoms with Gasteiger partial charge in [-0.1, -0.05) is 42.5 Å². The first-order valence-corrected chi connectivity index (χ1v) is 7.74. The molecule has 0 aliphatic carbocycles. The minimum atomic E-state index is -0.229. The van der Waals surface area contributed by atoms with E-state index in [0.717, 1.165) is 31.5 Å². The Hall–Kier alpha value is -2.00. The standard InChI is InChI=1S/C19H20FNO/c20-18-8-6-15(7-9-18)12-17-10-11-21(14-19(17)22)13-16-4-2-1-3-5-16/h1-9,17H,10-14H2. The number of piperidine rings is 1. The zero-order valence-corrected chi connectivity index (χ0v) is 12.5. The van der Waals surface area contributed by atoms with Crippen LogP contribution in [0.2, 0.25) is 0 Å². The maximum Gasteiger partial charge on any atom is 0.150 e. The van der Waals surface area contributed by atoms with E-state index in [9.17, 15) is 9.18 Å². The van der Waals surface area contributed by atoms with Gasteiger partial charge in [0.2, 0.25) is 0 Å². The average molecular weight is 297 g/mol. The van der Waals surface area contributed by atoms with Gasteiger partial charge < -0.3 is 0 Å². The Morgan fingerprint density at radius 2 is 1.73 bits per heavy atom. The summed E-state index contributed by atoms with van der Waals surface area (Å²) in [4.78, 5) is 14.6. The molecule has 2 aromatic carbocycles. The van der Waals surface area contributed by atoms with Crippen molar-refractivity contribution in [2.75, 3.05) is 13.1 Å². The Morgan fingerprint density at radius 1 is 1.00 bits per heavy atom. The number of nitrogens with zero attached hydrogens (tertiary/aromatic N) is 1. The van der Waals surface area contributed by atoms with Crippen LogP contribution in [-0.4, -0.2) is 23.8 Å². The molecule has 1 aliphatic rings. The Morgan fingerprint density at radius 3 is 2.41 bits per heavy atom. The lowest BCUT2D eigenvalue weighted by atomic mass is 9.89. The summed E-state index contributed by atoms with van der Waals surface area (Å²) in [5.74, 6) is 0.136. The van der Waals surface area contributed by atoms with Crippen LogP contribution in [0.15, 0.2) is 54.6 Å². The van der Waals surface area contributed by atoms with Crippen molar-refractivity contribution in [1.82, 2.24) is 4.90 Å². The van der Waals surface area contributed by atoms with Crippen molar-refractivity contribution in [3.8, 4) is 0 Å². The highest BCUT2D eigenvalue weighted by Gasteiger charge is 2.26. The normalized spacial score (nSPS) is 19.3. The van der Waals surface area contributed by atoms with Crippen LogP contribution in [-0.2, 0) is 17.8 Å². The molecule has 0 aromatic heterocycles. The van der Waals surface area contributed by atoms with Crippen LogP contribution in [0.1, 0.15) is 17.5 Å². The van der Waals surface area contributed by atoms with Gasteiger partial charge in [-0.2, -0.15) is 0 Å². The van der Waals surface area contributed by atoms with E-state index in [0.29, 0.717) is 12.3 Å². The van der Waals surface area contributed by atoms with Gasteiger partial charge in [-0.15, -0.1) is 0 Å². The number of carbonyl (C=O) groups is 1. The van der Waals surface area contributed by atoms with Crippen LogP contribution < -0.4 is 0 Å². The van der Waals surface area contributed by atoms with Crippen LogP contribution in [0.25, 0.3) is 0 Å². The lowest BCUT2D eigenvalue weighted by Gasteiger charge is -2.31. The van der Waals surface area contributed by atoms with Crippen LogP contribution in [0.3, 0.4) is 0 Å². The molecule has 1 heterocycles. The summed E-state index contributed by atoms with van der Waals surface area (Å²) >= 11 is 0. The van der Waals surface area contributed by atoms with E-state index in [-0.39, 0.29) is 11.7 Å². The molecule has 1 saturated heterocycles. The summed E-state index contributed by atoms with van der Waals surface area (Å²) in [6, 6.07) is 16.7. The maximum absolute atomic E-state index is 12.9. The van der Waals surface area contributed by atoms with Crippen molar-refractivity contribution >= 4 is 5.78 Å². The van der Waals surface area contributed by atoms with Gasteiger partial charge in [-0.3, -0.25) is 9.69 Å². The molecule has 1 atom stereocenters. The zero-order chi connectivity index (χ0) is 15.4. The number of rotatable bonds is 4. The molecule has 1 aliphatic heterocycles. The molecule has 0 saturated carbocycles. The minimum absolute atomic E-state index is 0.0671. The Kier molecular flexibility index (Phi) is 4.64. The highest BCUT2D eigenvalue weighted by Crippen LogP contribution is 2.20. The third kappa shape index (κ3) is 3.80. The first-order valence-electron chi connectivity index (χ1n) is 7.74. The fraction of sp³-hybridized carbons (Fsp3) is 0.316. The highest BCUT2D eigenvalue weighted by molar-refractivity contribution is 5.84. The first-order chi connectivity index (χ1) is 10.7. The summed E-state index contributed by atoms with van der Waals surface area (Å²) in [5.41, 5.74) is 2.28.